The van der Waals surface area contributed by atoms with Crippen LogP contribution in [0.2, 0.25) is 0 Å². The molecule has 3 rings (SSSR count). The molecular weight excluding hydrogens is 340 g/mol. The average Bonchev–Trinajstić information content (AvgIpc) is 3.12. The third kappa shape index (κ3) is 3.57. The molecule has 1 aromatic heterocycles. The molecule has 1 aliphatic rings. The Morgan fingerprint density at radius 3 is 2.88 bits per heavy atom. The summed E-state index contributed by atoms with van der Waals surface area (Å²) in [6, 6.07) is 7.33. The highest BCUT2D eigenvalue weighted by Crippen LogP contribution is 2.31. The minimum Gasteiger partial charge on any atom is -0.470 e. The summed E-state index contributed by atoms with van der Waals surface area (Å²) in [5.74, 6) is 6.47. The number of nitrogens with zero attached hydrogens (tertiary/aromatic N) is 4. The van der Waals surface area contributed by atoms with Gasteiger partial charge >= 0.3 is 6.03 Å². The van der Waals surface area contributed by atoms with Gasteiger partial charge in [-0.3, -0.25) is 0 Å². The first-order valence-electron chi connectivity index (χ1n) is 7.71. The first-order chi connectivity index (χ1) is 12.0. The van der Waals surface area contributed by atoms with Crippen molar-refractivity contribution < 1.29 is 14.6 Å². The summed E-state index contributed by atoms with van der Waals surface area (Å²) in [4.78, 5) is 14.8. The molecule has 0 radical (unpaired) electrons. The molecule has 1 N–H and O–H groups in total. The second-order valence-corrected chi connectivity index (χ2v) is 6.63. The molecule has 2 amide bonds. The largest absolute Gasteiger partial charge is 0.470 e. The van der Waals surface area contributed by atoms with Crippen LogP contribution in [0.15, 0.2) is 24.3 Å². The number of benzene rings is 1. The SMILES string of the molecule is CC#CC(Oc1cccc(C)c1)c1nnc(N2C(=O)N(C)CC2O)s1. The van der Waals surface area contributed by atoms with E-state index in [1.807, 2.05) is 31.2 Å². The van der Waals surface area contributed by atoms with E-state index >= 15 is 0 Å². The maximum atomic E-state index is 12.1. The van der Waals surface area contributed by atoms with Gasteiger partial charge in [0.15, 0.2) is 11.2 Å². The standard InChI is InChI=1S/C17H18N4O3S/c1-4-6-13(24-12-8-5-7-11(2)9-12)15-18-19-16(25-15)21-14(22)10-20(3)17(21)23/h5,7-9,13-14,22H,10H2,1-3H3. The number of hydrogen-bond acceptors (Lipinski definition) is 6. The van der Waals surface area contributed by atoms with Crippen LogP contribution in [0.1, 0.15) is 23.6 Å². The molecule has 130 valence electrons. The Kier molecular flexibility index (Phi) is 4.88. The first kappa shape index (κ1) is 17.2. The van der Waals surface area contributed by atoms with Crippen LogP contribution in [-0.2, 0) is 0 Å². The quantitative estimate of drug-likeness (QED) is 0.848. The van der Waals surface area contributed by atoms with Gasteiger partial charge in [-0.05, 0) is 31.5 Å². The van der Waals surface area contributed by atoms with Crippen LogP contribution in [0.4, 0.5) is 9.93 Å². The van der Waals surface area contributed by atoms with Gasteiger partial charge in [0.05, 0.1) is 6.54 Å². The van der Waals surface area contributed by atoms with Gasteiger partial charge in [0.2, 0.25) is 11.2 Å². The Morgan fingerprint density at radius 1 is 1.44 bits per heavy atom. The lowest BCUT2D eigenvalue weighted by Gasteiger charge is -2.14. The molecule has 2 atom stereocenters. The summed E-state index contributed by atoms with van der Waals surface area (Å²) in [5.41, 5.74) is 1.08. The molecule has 2 unspecified atom stereocenters. The molecule has 1 saturated heterocycles. The highest BCUT2D eigenvalue weighted by Gasteiger charge is 2.37. The van der Waals surface area contributed by atoms with E-state index in [2.05, 4.69) is 22.0 Å². The predicted molar refractivity (Wildman–Crippen MR) is 94.4 cm³/mol. The number of carbonyl (C=O) groups is 1. The lowest BCUT2D eigenvalue weighted by molar-refractivity contribution is 0.183. The van der Waals surface area contributed by atoms with Gasteiger partial charge in [0, 0.05) is 7.05 Å². The van der Waals surface area contributed by atoms with E-state index in [0.717, 1.165) is 5.56 Å². The second-order valence-electron chi connectivity index (χ2n) is 5.65. The van der Waals surface area contributed by atoms with Crippen LogP contribution < -0.4 is 9.64 Å². The summed E-state index contributed by atoms with van der Waals surface area (Å²) in [6.45, 7) is 3.93. The number of anilines is 1. The van der Waals surface area contributed by atoms with Gasteiger partial charge in [0.1, 0.15) is 5.75 Å². The number of aromatic nitrogens is 2. The zero-order valence-electron chi connectivity index (χ0n) is 14.1. The summed E-state index contributed by atoms with van der Waals surface area (Å²) >= 11 is 1.18. The minimum absolute atomic E-state index is 0.228. The fourth-order valence-corrected chi connectivity index (χ4v) is 3.32. The van der Waals surface area contributed by atoms with Gasteiger partial charge in [-0.2, -0.15) is 0 Å². The Balaban J connectivity index is 1.85. The number of likely N-dealkylation sites (N-methyl/N-ethyl adjacent to an activating group) is 1. The number of ether oxygens (including phenoxy) is 1. The summed E-state index contributed by atoms with van der Waals surface area (Å²) in [7, 11) is 1.62. The molecule has 7 nitrogen and oxygen atoms in total. The van der Waals surface area contributed by atoms with Crippen molar-refractivity contribution in [3.8, 4) is 17.6 Å². The molecule has 0 bridgehead atoms. The molecule has 1 aliphatic heterocycles. The third-order valence-corrected chi connectivity index (χ3v) is 4.61. The van der Waals surface area contributed by atoms with Crippen molar-refractivity contribution in [3.63, 3.8) is 0 Å². The molecule has 1 fully saturated rings. The molecule has 0 saturated carbocycles. The molecule has 2 heterocycles. The smallest absolute Gasteiger partial charge is 0.328 e. The lowest BCUT2D eigenvalue weighted by Crippen LogP contribution is -2.34. The van der Waals surface area contributed by atoms with E-state index < -0.39 is 12.3 Å². The van der Waals surface area contributed by atoms with Crippen molar-refractivity contribution in [2.75, 3.05) is 18.5 Å². The topological polar surface area (TPSA) is 78.8 Å². The van der Waals surface area contributed by atoms with Gasteiger partial charge in [-0.1, -0.05) is 29.4 Å². The van der Waals surface area contributed by atoms with Crippen LogP contribution >= 0.6 is 11.3 Å². The number of aliphatic hydroxyl groups is 1. The molecule has 8 heteroatoms. The monoisotopic (exact) mass is 358 g/mol. The number of urea groups is 1. The van der Waals surface area contributed by atoms with E-state index in [1.54, 1.807) is 14.0 Å². The first-order valence-corrected chi connectivity index (χ1v) is 8.52. The van der Waals surface area contributed by atoms with Crippen molar-refractivity contribution >= 4 is 22.5 Å². The number of β-amino-alcohol motifs (C(OH)–C–C–N with tert-alkyl or cyclic N) is 1. The van der Waals surface area contributed by atoms with Crippen molar-refractivity contribution in [2.24, 2.45) is 0 Å². The summed E-state index contributed by atoms with van der Waals surface area (Å²) in [6.07, 6.45) is -1.53. The Hall–Kier alpha value is -2.63. The lowest BCUT2D eigenvalue weighted by atomic mass is 10.2. The molecule has 1 aromatic carbocycles. The van der Waals surface area contributed by atoms with E-state index in [4.69, 9.17) is 4.74 Å². The predicted octanol–water partition coefficient (Wildman–Crippen LogP) is 2.18. The van der Waals surface area contributed by atoms with E-state index in [-0.39, 0.29) is 12.6 Å². The summed E-state index contributed by atoms with van der Waals surface area (Å²) < 4.78 is 5.93. The van der Waals surface area contributed by atoms with Crippen molar-refractivity contribution in [2.45, 2.75) is 26.2 Å². The molecule has 25 heavy (non-hydrogen) atoms. The fourth-order valence-electron chi connectivity index (χ4n) is 2.45. The van der Waals surface area contributed by atoms with Crippen LogP contribution in [0.25, 0.3) is 0 Å². The fraction of sp³-hybridized carbons (Fsp3) is 0.353. The van der Waals surface area contributed by atoms with Gasteiger partial charge in [0.25, 0.3) is 0 Å². The van der Waals surface area contributed by atoms with E-state index in [1.165, 1.54) is 21.1 Å². The Morgan fingerprint density at radius 2 is 2.24 bits per heavy atom. The Bertz CT molecular complexity index is 842. The molecular formula is C17H18N4O3S. The Labute approximate surface area is 149 Å². The van der Waals surface area contributed by atoms with Gasteiger partial charge in [-0.25, -0.2) is 9.69 Å². The second kappa shape index (κ2) is 7.09. The van der Waals surface area contributed by atoms with Crippen molar-refractivity contribution in [3.05, 3.63) is 34.8 Å². The number of carbonyl (C=O) groups excluding carboxylic acids is 1. The zero-order chi connectivity index (χ0) is 18.0. The maximum Gasteiger partial charge on any atom is 0.328 e. The highest BCUT2D eigenvalue weighted by atomic mass is 32.1. The average molecular weight is 358 g/mol. The maximum absolute atomic E-state index is 12.1. The van der Waals surface area contributed by atoms with Crippen molar-refractivity contribution in [1.29, 1.82) is 0 Å². The molecule has 0 spiro atoms. The number of aryl methyl sites for hydroxylation is 1. The number of rotatable bonds is 4. The highest BCUT2D eigenvalue weighted by molar-refractivity contribution is 7.15. The van der Waals surface area contributed by atoms with Gasteiger partial charge in [-0.15, -0.1) is 16.1 Å². The number of amides is 2. The number of hydrogen-bond donors (Lipinski definition) is 1. The van der Waals surface area contributed by atoms with Gasteiger partial charge < -0.3 is 14.7 Å². The van der Waals surface area contributed by atoms with E-state index in [0.29, 0.717) is 15.9 Å². The van der Waals surface area contributed by atoms with Crippen molar-refractivity contribution in [1.82, 2.24) is 15.1 Å². The normalized spacial score (nSPS) is 18.1. The molecule has 2 aromatic rings. The summed E-state index contributed by atoms with van der Waals surface area (Å²) in [5, 5.41) is 19.0. The van der Waals surface area contributed by atoms with Crippen LogP contribution in [0.5, 0.6) is 5.75 Å². The minimum atomic E-state index is -0.938. The van der Waals surface area contributed by atoms with E-state index in [9.17, 15) is 9.90 Å². The number of aliphatic hydroxyl groups excluding tert-OH is 1. The van der Waals surface area contributed by atoms with Crippen LogP contribution in [0.3, 0.4) is 0 Å². The van der Waals surface area contributed by atoms with Crippen LogP contribution in [-0.4, -0.2) is 46.1 Å². The zero-order valence-corrected chi connectivity index (χ0v) is 14.9. The third-order valence-electron chi connectivity index (χ3n) is 3.65. The van der Waals surface area contributed by atoms with Crippen LogP contribution in [0, 0.1) is 18.8 Å². The molecule has 0 aliphatic carbocycles.